The predicted octanol–water partition coefficient (Wildman–Crippen LogP) is 3.53. The predicted molar refractivity (Wildman–Crippen MR) is 73.2 cm³/mol. The molecular formula is C15H17NO2. The second-order valence-corrected chi connectivity index (χ2v) is 4.79. The normalized spacial score (nSPS) is 10.8. The number of rotatable bonds is 3. The Morgan fingerprint density at radius 3 is 2.61 bits per heavy atom. The zero-order chi connectivity index (χ0) is 13.4. The van der Waals surface area contributed by atoms with Crippen molar-refractivity contribution in [2.24, 2.45) is 0 Å². The van der Waals surface area contributed by atoms with E-state index < -0.39 is 5.97 Å². The molecule has 0 saturated heterocycles. The highest BCUT2D eigenvalue weighted by atomic mass is 16.4. The van der Waals surface area contributed by atoms with Crippen LogP contribution in [0.1, 0.15) is 28.5 Å². The molecule has 3 nitrogen and oxygen atoms in total. The molecule has 0 amide bonds. The lowest BCUT2D eigenvalue weighted by atomic mass is 10.1. The molecule has 2 rings (SSSR count). The van der Waals surface area contributed by atoms with Gasteiger partial charge in [-0.2, -0.15) is 0 Å². The number of hydrogen-bond acceptors (Lipinski definition) is 1. The molecule has 1 aromatic carbocycles. The maximum atomic E-state index is 11.0. The highest BCUT2D eigenvalue weighted by Gasteiger charge is 2.13. The van der Waals surface area contributed by atoms with Gasteiger partial charge in [0.2, 0.25) is 0 Å². The SMILES string of the molecule is C=C(C)Cn1c(C)c(C)c2cc(C(=O)O)ccc21. The van der Waals surface area contributed by atoms with E-state index in [0.717, 1.165) is 34.3 Å². The second-order valence-electron chi connectivity index (χ2n) is 4.79. The molecule has 0 bridgehead atoms. The van der Waals surface area contributed by atoms with Gasteiger partial charge in [-0.25, -0.2) is 4.79 Å². The molecule has 0 aliphatic heterocycles. The lowest BCUT2D eigenvalue weighted by Crippen LogP contribution is -2.01. The minimum atomic E-state index is -0.887. The Morgan fingerprint density at radius 2 is 2.06 bits per heavy atom. The fourth-order valence-electron chi connectivity index (χ4n) is 2.26. The van der Waals surface area contributed by atoms with Gasteiger partial charge in [0.1, 0.15) is 0 Å². The average molecular weight is 243 g/mol. The molecule has 94 valence electrons. The molecule has 2 aromatic rings. The Bertz CT molecular complexity index is 650. The third kappa shape index (κ3) is 1.92. The number of hydrogen-bond donors (Lipinski definition) is 1. The summed E-state index contributed by atoms with van der Waals surface area (Å²) in [6.45, 7) is 10.8. The Kier molecular flexibility index (Phi) is 2.99. The van der Waals surface area contributed by atoms with Gasteiger partial charge in [0.05, 0.1) is 5.56 Å². The van der Waals surface area contributed by atoms with Gasteiger partial charge in [-0.15, -0.1) is 0 Å². The van der Waals surface area contributed by atoms with Crippen LogP contribution in [0.25, 0.3) is 10.9 Å². The first kappa shape index (κ1) is 12.4. The molecule has 18 heavy (non-hydrogen) atoms. The maximum Gasteiger partial charge on any atom is 0.335 e. The van der Waals surface area contributed by atoms with Gasteiger partial charge in [-0.05, 0) is 44.5 Å². The van der Waals surface area contributed by atoms with Crippen molar-refractivity contribution in [3.8, 4) is 0 Å². The molecule has 0 fully saturated rings. The summed E-state index contributed by atoms with van der Waals surface area (Å²) in [4.78, 5) is 11.0. The summed E-state index contributed by atoms with van der Waals surface area (Å²) >= 11 is 0. The van der Waals surface area contributed by atoms with Crippen molar-refractivity contribution >= 4 is 16.9 Å². The molecule has 1 heterocycles. The quantitative estimate of drug-likeness (QED) is 0.838. The van der Waals surface area contributed by atoms with Gasteiger partial charge in [0.25, 0.3) is 0 Å². The summed E-state index contributed by atoms with van der Waals surface area (Å²) < 4.78 is 2.18. The molecular weight excluding hydrogens is 226 g/mol. The number of aromatic carboxylic acids is 1. The Labute approximate surface area is 106 Å². The number of carboxylic acids is 1. The van der Waals surface area contributed by atoms with E-state index in [0.29, 0.717) is 5.56 Å². The van der Waals surface area contributed by atoms with Crippen molar-refractivity contribution in [2.75, 3.05) is 0 Å². The van der Waals surface area contributed by atoms with E-state index in [2.05, 4.69) is 18.1 Å². The molecule has 0 aliphatic rings. The molecule has 0 radical (unpaired) electrons. The highest BCUT2D eigenvalue weighted by molar-refractivity contribution is 5.95. The van der Waals surface area contributed by atoms with Crippen LogP contribution in [0.2, 0.25) is 0 Å². The lowest BCUT2D eigenvalue weighted by molar-refractivity contribution is 0.0697. The van der Waals surface area contributed by atoms with E-state index in [9.17, 15) is 4.79 Å². The molecule has 0 saturated carbocycles. The third-order valence-electron chi connectivity index (χ3n) is 3.31. The number of allylic oxidation sites excluding steroid dienone is 1. The molecule has 0 aliphatic carbocycles. The van der Waals surface area contributed by atoms with E-state index in [-0.39, 0.29) is 0 Å². The van der Waals surface area contributed by atoms with Gasteiger partial charge < -0.3 is 9.67 Å². The fraction of sp³-hybridized carbons (Fsp3) is 0.267. The number of carbonyl (C=O) groups is 1. The van der Waals surface area contributed by atoms with Crippen molar-refractivity contribution in [1.82, 2.24) is 4.57 Å². The van der Waals surface area contributed by atoms with Crippen LogP contribution in [0.5, 0.6) is 0 Å². The number of aromatic nitrogens is 1. The zero-order valence-corrected chi connectivity index (χ0v) is 10.9. The first-order valence-electron chi connectivity index (χ1n) is 5.89. The first-order chi connectivity index (χ1) is 8.41. The van der Waals surface area contributed by atoms with Crippen LogP contribution >= 0.6 is 0 Å². The fourth-order valence-corrected chi connectivity index (χ4v) is 2.26. The van der Waals surface area contributed by atoms with E-state index >= 15 is 0 Å². The summed E-state index contributed by atoms with van der Waals surface area (Å²) in [6.07, 6.45) is 0. The van der Waals surface area contributed by atoms with Crippen molar-refractivity contribution in [3.05, 3.63) is 47.2 Å². The van der Waals surface area contributed by atoms with Crippen LogP contribution in [0.4, 0.5) is 0 Å². The van der Waals surface area contributed by atoms with Crippen LogP contribution in [-0.2, 0) is 6.54 Å². The number of fused-ring (bicyclic) bond motifs is 1. The molecule has 0 spiro atoms. The van der Waals surface area contributed by atoms with Gasteiger partial charge in [-0.1, -0.05) is 12.2 Å². The van der Waals surface area contributed by atoms with Crippen LogP contribution in [0, 0.1) is 13.8 Å². The monoisotopic (exact) mass is 243 g/mol. The van der Waals surface area contributed by atoms with Crippen molar-refractivity contribution in [1.29, 1.82) is 0 Å². The standard InChI is InChI=1S/C15H17NO2/c1-9(2)8-16-11(4)10(3)13-7-12(15(17)18)5-6-14(13)16/h5-7H,1,8H2,2-4H3,(H,17,18). The van der Waals surface area contributed by atoms with Gasteiger partial charge in [-0.3, -0.25) is 0 Å². The van der Waals surface area contributed by atoms with Gasteiger partial charge >= 0.3 is 5.97 Å². The summed E-state index contributed by atoms with van der Waals surface area (Å²) in [5.41, 5.74) is 4.78. The lowest BCUT2D eigenvalue weighted by Gasteiger charge is -2.07. The minimum Gasteiger partial charge on any atom is -0.478 e. The molecule has 1 N–H and O–H groups in total. The molecule has 1 aromatic heterocycles. The van der Waals surface area contributed by atoms with Crippen molar-refractivity contribution in [3.63, 3.8) is 0 Å². The van der Waals surface area contributed by atoms with Crippen molar-refractivity contribution < 1.29 is 9.90 Å². The van der Waals surface area contributed by atoms with Crippen LogP contribution in [-0.4, -0.2) is 15.6 Å². The van der Waals surface area contributed by atoms with E-state index in [1.807, 2.05) is 19.9 Å². The smallest absolute Gasteiger partial charge is 0.335 e. The number of carboxylic acid groups (broad SMARTS) is 1. The average Bonchev–Trinajstić information content (AvgIpc) is 2.54. The Hall–Kier alpha value is -2.03. The van der Waals surface area contributed by atoms with E-state index in [4.69, 9.17) is 5.11 Å². The maximum absolute atomic E-state index is 11.0. The summed E-state index contributed by atoms with van der Waals surface area (Å²) in [7, 11) is 0. The summed E-state index contributed by atoms with van der Waals surface area (Å²) in [5.74, 6) is -0.887. The largest absolute Gasteiger partial charge is 0.478 e. The van der Waals surface area contributed by atoms with Crippen LogP contribution < -0.4 is 0 Å². The van der Waals surface area contributed by atoms with E-state index in [1.165, 1.54) is 0 Å². The van der Waals surface area contributed by atoms with Gasteiger partial charge in [0, 0.05) is 23.1 Å². The summed E-state index contributed by atoms with van der Waals surface area (Å²) in [6, 6.07) is 5.27. The van der Waals surface area contributed by atoms with Gasteiger partial charge in [0.15, 0.2) is 0 Å². The second kappa shape index (κ2) is 4.33. The zero-order valence-electron chi connectivity index (χ0n) is 10.9. The minimum absolute atomic E-state index is 0.332. The Morgan fingerprint density at radius 1 is 1.39 bits per heavy atom. The van der Waals surface area contributed by atoms with Crippen LogP contribution in [0.3, 0.4) is 0 Å². The number of aryl methyl sites for hydroxylation is 1. The number of nitrogens with zero attached hydrogens (tertiary/aromatic N) is 1. The molecule has 3 heteroatoms. The molecule has 0 atom stereocenters. The Balaban J connectivity index is 2.71. The topological polar surface area (TPSA) is 42.2 Å². The van der Waals surface area contributed by atoms with Crippen molar-refractivity contribution in [2.45, 2.75) is 27.3 Å². The number of benzene rings is 1. The third-order valence-corrected chi connectivity index (χ3v) is 3.31. The highest BCUT2D eigenvalue weighted by Crippen LogP contribution is 2.26. The first-order valence-corrected chi connectivity index (χ1v) is 5.89. The summed E-state index contributed by atoms with van der Waals surface area (Å²) in [5, 5.41) is 10.0. The van der Waals surface area contributed by atoms with Crippen LogP contribution in [0.15, 0.2) is 30.4 Å². The van der Waals surface area contributed by atoms with E-state index in [1.54, 1.807) is 12.1 Å². The molecule has 0 unspecified atom stereocenters.